The molecule has 0 saturated heterocycles. The number of aliphatic hydroxyl groups excluding tert-OH is 1. The summed E-state index contributed by atoms with van der Waals surface area (Å²) in [5.74, 6) is 0.266. The zero-order chi connectivity index (χ0) is 26.2. The fourth-order valence-electron chi connectivity index (χ4n) is 3.36. The van der Waals surface area contributed by atoms with E-state index in [4.69, 9.17) is 4.74 Å². The molecule has 3 rings (SSSR count). The highest BCUT2D eigenvalue weighted by atomic mass is 32.2. The number of aromatic nitrogens is 3. The van der Waals surface area contributed by atoms with Crippen molar-refractivity contribution in [3.8, 4) is 5.75 Å². The van der Waals surface area contributed by atoms with Gasteiger partial charge in [0.2, 0.25) is 5.91 Å². The first kappa shape index (κ1) is 26.6. The lowest BCUT2D eigenvalue weighted by atomic mass is 10.2. The molecule has 1 aromatic heterocycles. The molecule has 0 aliphatic carbocycles. The Labute approximate surface area is 211 Å². The maximum Gasteiger partial charge on any atom is 0.269 e. The van der Waals surface area contributed by atoms with Crippen LogP contribution in [0.4, 0.5) is 11.4 Å². The molecule has 0 radical (unpaired) electrons. The summed E-state index contributed by atoms with van der Waals surface area (Å²) >= 11 is 1.14. The van der Waals surface area contributed by atoms with E-state index in [1.54, 1.807) is 35.8 Å². The lowest BCUT2D eigenvalue weighted by Gasteiger charge is -2.17. The van der Waals surface area contributed by atoms with Gasteiger partial charge in [0.1, 0.15) is 11.8 Å². The second kappa shape index (κ2) is 12.1. The summed E-state index contributed by atoms with van der Waals surface area (Å²) in [5, 5.41) is 35.0. The van der Waals surface area contributed by atoms with Crippen molar-refractivity contribution in [2.45, 2.75) is 31.6 Å². The Hall–Kier alpha value is -3.97. The molecule has 13 heteroatoms. The highest BCUT2D eigenvalue weighted by Gasteiger charge is 2.23. The number of methoxy groups -OCH3 is 1. The second-order valence-electron chi connectivity index (χ2n) is 7.62. The van der Waals surface area contributed by atoms with Gasteiger partial charge in [-0.3, -0.25) is 19.7 Å². The molecule has 1 heterocycles. The number of hydrogen-bond donors (Lipinski definition) is 3. The number of nitro groups is 1. The van der Waals surface area contributed by atoms with Crippen LogP contribution in [0.1, 0.15) is 34.7 Å². The molecule has 0 aliphatic heterocycles. The first-order chi connectivity index (χ1) is 17.3. The summed E-state index contributed by atoms with van der Waals surface area (Å²) < 4.78 is 6.81. The van der Waals surface area contributed by atoms with E-state index in [0.29, 0.717) is 40.1 Å². The van der Waals surface area contributed by atoms with Crippen molar-refractivity contribution in [2.75, 3.05) is 24.8 Å². The molecule has 3 N–H and O–H groups in total. The summed E-state index contributed by atoms with van der Waals surface area (Å²) in [7, 11) is 1.53. The molecule has 2 amide bonds. The lowest BCUT2D eigenvalue weighted by Crippen LogP contribution is -2.32. The predicted octanol–water partition coefficient (Wildman–Crippen LogP) is 2.72. The molecule has 2 aromatic carbocycles. The Morgan fingerprint density at radius 2 is 1.94 bits per heavy atom. The normalized spacial score (nSPS) is 11.6. The third-order valence-corrected chi connectivity index (χ3v) is 6.21. The average molecular weight is 515 g/mol. The van der Waals surface area contributed by atoms with Gasteiger partial charge in [-0.2, -0.15) is 0 Å². The van der Waals surface area contributed by atoms with E-state index in [-0.39, 0.29) is 17.3 Å². The number of non-ortho nitro benzene ring substituents is 1. The maximum atomic E-state index is 12.7. The van der Waals surface area contributed by atoms with Gasteiger partial charge in [-0.05, 0) is 49.7 Å². The van der Waals surface area contributed by atoms with E-state index < -0.39 is 23.5 Å². The molecular weight excluding hydrogens is 488 g/mol. The Kier molecular flexibility index (Phi) is 8.97. The van der Waals surface area contributed by atoms with Crippen molar-refractivity contribution in [1.82, 2.24) is 20.1 Å². The minimum absolute atomic E-state index is 0.0105. The van der Waals surface area contributed by atoms with Gasteiger partial charge in [0.25, 0.3) is 11.6 Å². The molecule has 0 aliphatic rings. The van der Waals surface area contributed by atoms with Crippen molar-refractivity contribution in [3.63, 3.8) is 0 Å². The highest BCUT2D eigenvalue weighted by molar-refractivity contribution is 7.99. The van der Waals surface area contributed by atoms with E-state index in [2.05, 4.69) is 20.8 Å². The Bertz CT molecular complexity index is 1250. The number of anilines is 1. The van der Waals surface area contributed by atoms with E-state index >= 15 is 0 Å². The molecule has 1 atom stereocenters. The Morgan fingerprint density at radius 3 is 2.53 bits per heavy atom. The summed E-state index contributed by atoms with van der Waals surface area (Å²) in [5.41, 5.74) is 1.39. The number of benzene rings is 2. The number of aryl methyl sites for hydroxylation is 1. The van der Waals surface area contributed by atoms with Crippen LogP contribution in [0.25, 0.3) is 0 Å². The van der Waals surface area contributed by atoms with Crippen molar-refractivity contribution in [3.05, 3.63) is 69.5 Å². The minimum atomic E-state index is -0.807. The third-order valence-electron chi connectivity index (χ3n) is 5.24. The zero-order valence-electron chi connectivity index (χ0n) is 19.9. The van der Waals surface area contributed by atoms with Crippen molar-refractivity contribution in [1.29, 1.82) is 0 Å². The molecule has 0 spiro atoms. The smallest absolute Gasteiger partial charge is 0.269 e. The number of carbonyl (C=O) groups excluding carboxylic acids is 2. The number of rotatable bonds is 11. The number of nitrogens with zero attached hydrogens (tertiary/aromatic N) is 4. The number of nitrogens with one attached hydrogen (secondary N) is 2. The average Bonchev–Trinajstić information content (AvgIpc) is 3.29. The summed E-state index contributed by atoms with van der Waals surface area (Å²) in [4.78, 5) is 35.5. The number of aliphatic hydroxyl groups is 1. The Balaban J connectivity index is 1.65. The van der Waals surface area contributed by atoms with E-state index in [1.165, 1.54) is 25.3 Å². The molecule has 190 valence electrons. The van der Waals surface area contributed by atoms with Crippen LogP contribution in [-0.4, -0.2) is 56.1 Å². The standard InChI is InChI=1S/C23H26N6O6S/c1-4-28-21(19(12-30)25-22(32)15-5-8-17(35-3)9-6-15)26-27-23(28)36-13-20(31)24-18-10-7-16(29(33)34)11-14(18)2/h5-11,19,30H,4,12-13H2,1-3H3,(H,24,31)(H,25,32). The van der Waals surface area contributed by atoms with Crippen LogP contribution in [0.3, 0.4) is 0 Å². The van der Waals surface area contributed by atoms with Crippen LogP contribution in [0.5, 0.6) is 5.75 Å². The SMILES string of the molecule is CCn1c(SCC(=O)Nc2ccc([N+](=O)[O-])cc2C)nnc1C(CO)NC(=O)c1ccc(OC)cc1. The molecule has 0 fully saturated rings. The minimum Gasteiger partial charge on any atom is -0.497 e. The van der Waals surface area contributed by atoms with Gasteiger partial charge in [0.05, 0.1) is 24.4 Å². The fourth-order valence-corrected chi connectivity index (χ4v) is 4.17. The Morgan fingerprint density at radius 1 is 1.22 bits per heavy atom. The van der Waals surface area contributed by atoms with Crippen LogP contribution in [0, 0.1) is 17.0 Å². The number of amides is 2. The van der Waals surface area contributed by atoms with Gasteiger partial charge >= 0.3 is 0 Å². The number of hydrogen-bond acceptors (Lipinski definition) is 9. The van der Waals surface area contributed by atoms with Gasteiger partial charge in [-0.15, -0.1) is 10.2 Å². The van der Waals surface area contributed by atoms with E-state index in [0.717, 1.165) is 11.8 Å². The van der Waals surface area contributed by atoms with E-state index in [1.807, 2.05) is 6.92 Å². The van der Waals surface area contributed by atoms with Gasteiger partial charge in [0.15, 0.2) is 11.0 Å². The first-order valence-electron chi connectivity index (χ1n) is 10.9. The number of thioether (sulfide) groups is 1. The summed E-state index contributed by atoms with van der Waals surface area (Å²) in [6.45, 7) is 3.58. The van der Waals surface area contributed by atoms with Crippen molar-refractivity contribution < 1.29 is 24.4 Å². The largest absolute Gasteiger partial charge is 0.497 e. The van der Waals surface area contributed by atoms with Crippen LogP contribution in [-0.2, 0) is 11.3 Å². The third kappa shape index (κ3) is 6.37. The van der Waals surface area contributed by atoms with E-state index in [9.17, 15) is 24.8 Å². The van der Waals surface area contributed by atoms with Crippen molar-refractivity contribution in [2.24, 2.45) is 0 Å². The predicted molar refractivity (Wildman–Crippen MR) is 133 cm³/mol. The van der Waals surface area contributed by atoms with Crippen LogP contribution < -0.4 is 15.4 Å². The molecule has 12 nitrogen and oxygen atoms in total. The number of carbonyl (C=O) groups is 2. The van der Waals surface area contributed by atoms with Gasteiger partial charge < -0.3 is 25.0 Å². The maximum absolute atomic E-state index is 12.7. The van der Waals surface area contributed by atoms with Gasteiger partial charge in [-0.1, -0.05) is 11.8 Å². The second-order valence-corrected chi connectivity index (χ2v) is 8.56. The molecule has 1 unspecified atom stereocenters. The van der Waals surface area contributed by atoms with Gasteiger partial charge in [0, 0.05) is 29.9 Å². The topological polar surface area (TPSA) is 162 Å². The summed E-state index contributed by atoms with van der Waals surface area (Å²) in [6.07, 6.45) is 0. The van der Waals surface area contributed by atoms with Crippen LogP contribution in [0.15, 0.2) is 47.6 Å². The molecule has 0 saturated carbocycles. The lowest BCUT2D eigenvalue weighted by molar-refractivity contribution is -0.384. The van der Waals surface area contributed by atoms with Crippen LogP contribution in [0.2, 0.25) is 0 Å². The summed E-state index contributed by atoms with van der Waals surface area (Å²) in [6, 6.07) is 9.94. The quantitative estimate of drug-likeness (QED) is 0.198. The number of nitro benzene ring substituents is 1. The molecule has 0 bridgehead atoms. The van der Waals surface area contributed by atoms with Crippen molar-refractivity contribution >= 4 is 35.0 Å². The zero-order valence-corrected chi connectivity index (χ0v) is 20.7. The molecular formula is C23H26N6O6S. The fraction of sp³-hybridized carbons (Fsp3) is 0.304. The molecule has 36 heavy (non-hydrogen) atoms. The number of ether oxygens (including phenoxy) is 1. The molecule has 3 aromatic rings. The monoisotopic (exact) mass is 514 g/mol. The highest BCUT2D eigenvalue weighted by Crippen LogP contribution is 2.24. The first-order valence-corrected chi connectivity index (χ1v) is 11.9. The van der Waals surface area contributed by atoms with Gasteiger partial charge in [-0.25, -0.2) is 0 Å². The van der Waals surface area contributed by atoms with Crippen LogP contribution >= 0.6 is 11.8 Å².